The zero-order chi connectivity index (χ0) is 50.1. The van der Waals surface area contributed by atoms with Gasteiger partial charge in [-0.3, -0.25) is 0 Å². The molecule has 0 unspecified atom stereocenters. The Balaban J connectivity index is 1.24. The molecule has 8 aromatic carbocycles. The number of hydrogen-bond donors (Lipinski definition) is 0. The van der Waals surface area contributed by atoms with Gasteiger partial charge in [-0.15, -0.1) is 11.3 Å². The highest BCUT2D eigenvalue weighted by molar-refractivity contribution is 7.27. The van der Waals surface area contributed by atoms with Gasteiger partial charge in [0.05, 0.1) is 10.4 Å². The van der Waals surface area contributed by atoms with Gasteiger partial charge < -0.3 is 14.5 Å². The van der Waals surface area contributed by atoms with Crippen molar-refractivity contribution in [2.45, 2.75) is 119 Å². The van der Waals surface area contributed by atoms with E-state index in [0.29, 0.717) is 0 Å². The van der Waals surface area contributed by atoms with E-state index in [1.54, 1.807) is 0 Å². The van der Waals surface area contributed by atoms with Crippen molar-refractivity contribution in [1.29, 1.82) is 0 Å². The fourth-order valence-corrected chi connectivity index (χ4v) is 12.3. The van der Waals surface area contributed by atoms with E-state index in [2.05, 4.69) is 258 Å². The van der Waals surface area contributed by atoms with Gasteiger partial charge in [0.1, 0.15) is 11.5 Å². The molecule has 5 heteroatoms. The Morgan fingerprint density at radius 2 is 0.986 bits per heavy atom. The normalized spacial score (nSPS) is 13.5. The molecule has 0 atom stereocenters. The maximum Gasteiger partial charge on any atom is 0.257 e. The van der Waals surface area contributed by atoms with Crippen LogP contribution in [0.5, 0.6) is 11.5 Å². The minimum absolute atomic E-state index is 0.0208. The van der Waals surface area contributed by atoms with E-state index in [1.165, 1.54) is 81.2 Å². The summed E-state index contributed by atoms with van der Waals surface area (Å²) in [6, 6.07) is 58.1. The largest absolute Gasteiger partial charge is 0.458 e. The van der Waals surface area contributed by atoms with Crippen LogP contribution in [0.25, 0.3) is 31.3 Å². The van der Waals surface area contributed by atoms with Gasteiger partial charge in [-0.05, 0) is 146 Å². The van der Waals surface area contributed by atoms with Crippen LogP contribution in [0.15, 0.2) is 152 Å². The summed E-state index contributed by atoms with van der Waals surface area (Å²) in [7, 11) is 0. The Bertz CT molecular complexity index is 3480. The lowest BCUT2D eigenvalue weighted by Crippen LogP contribution is -2.60. The molecular weight excluding hydrogens is 880 g/mol. The summed E-state index contributed by atoms with van der Waals surface area (Å²) < 4.78 is 10.2. The van der Waals surface area contributed by atoms with E-state index in [4.69, 9.17) is 4.74 Å². The van der Waals surface area contributed by atoms with E-state index in [9.17, 15) is 0 Å². The lowest BCUT2D eigenvalue weighted by atomic mass is 9.33. The molecule has 3 nitrogen and oxygen atoms in total. The van der Waals surface area contributed by atoms with Crippen LogP contribution < -0.4 is 30.9 Å². The van der Waals surface area contributed by atoms with Crippen molar-refractivity contribution in [3.8, 4) is 22.6 Å². The van der Waals surface area contributed by atoms with E-state index < -0.39 is 0 Å². The Hall–Kier alpha value is -6.56. The first-order valence-corrected chi connectivity index (χ1v) is 26.3. The summed E-state index contributed by atoms with van der Waals surface area (Å²) in [6.45, 7) is 31.9. The van der Waals surface area contributed by atoms with Gasteiger partial charge in [-0.1, -0.05) is 179 Å². The van der Waals surface area contributed by atoms with E-state index in [1.807, 2.05) is 11.3 Å². The topological polar surface area (TPSA) is 15.7 Å². The average molecular weight is 947 g/mol. The van der Waals surface area contributed by atoms with Crippen molar-refractivity contribution >= 4 is 88.7 Å². The molecule has 0 bridgehead atoms. The molecule has 356 valence electrons. The summed E-state index contributed by atoms with van der Waals surface area (Å²) in [5.74, 6) is 1.80. The molecule has 0 N–H and O–H groups in total. The minimum atomic E-state index is -0.111. The number of thiophene rings is 1. The molecule has 2 aliphatic rings. The third kappa shape index (κ3) is 8.15. The summed E-state index contributed by atoms with van der Waals surface area (Å²) in [6.07, 6.45) is 0. The third-order valence-electron chi connectivity index (χ3n) is 15.0. The quantitative estimate of drug-likeness (QED) is 0.160. The summed E-state index contributed by atoms with van der Waals surface area (Å²) in [5, 5.41) is 2.52. The van der Waals surface area contributed by atoms with Crippen molar-refractivity contribution in [1.82, 2.24) is 0 Å². The predicted molar refractivity (Wildman–Crippen MR) is 310 cm³/mol. The monoisotopic (exact) mass is 947 g/mol. The predicted octanol–water partition coefficient (Wildman–Crippen LogP) is 17.4. The molecule has 0 saturated heterocycles. The number of benzene rings is 8. The second kappa shape index (κ2) is 16.5. The fourth-order valence-electron chi connectivity index (χ4n) is 11.1. The van der Waals surface area contributed by atoms with E-state index in [-0.39, 0.29) is 28.4 Å². The molecule has 9 aromatic rings. The third-order valence-corrected chi connectivity index (χ3v) is 16.2. The van der Waals surface area contributed by atoms with Crippen LogP contribution >= 0.6 is 11.3 Å². The first-order valence-electron chi connectivity index (χ1n) is 25.5. The second-order valence-corrected chi connectivity index (χ2v) is 25.6. The molecule has 11 rings (SSSR count). The number of anilines is 6. The van der Waals surface area contributed by atoms with Crippen molar-refractivity contribution in [3.05, 3.63) is 185 Å². The minimum Gasteiger partial charge on any atom is -0.458 e. The highest BCUT2D eigenvalue weighted by Crippen LogP contribution is 2.51. The maximum absolute atomic E-state index is 7.68. The maximum atomic E-state index is 7.68. The Kier molecular flexibility index (Phi) is 10.9. The number of rotatable bonds is 5. The molecule has 0 amide bonds. The zero-order valence-corrected chi connectivity index (χ0v) is 45.0. The lowest BCUT2D eigenvalue weighted by molar-refractivity contribution is 0.488. The first kappa shape index (κ1) is 46.8. The van der Waals surface area contributed by atoms with Gasteiger partial charge in [-0.2, -0.15) is 0 Å². The van der Waals surface area contributed by atoms with E-state index >= 15 is 0 Å². The average Bonchev–Trinajstić information content (AvgIpc) is 3.70. The number of aryl methyl sites for hydroxylation is 2. The molecule has 2 aliphatic heterocycles. The molecule has 0 saturated carbocycles. The van der Waals surface area contributed by atoms with Crippen LogP contribution in [0, 0.1) is 13.8 Å². The van der Waals surface area contributed by atoms with Gasteiger partial charge >= 0.3 is 0 Å². The molecular formula is C66H67BN2OS. The molecule has 3 heterocycles. The van der Waals surface area contributed by atoms with Gasteiger partial charge in [-0.25, -0.2) is 0 Å². The van der Waals surface area contributed by atoms with Crippen molar-refractivity contribution in [2.75, 3.05) is 9.80 Å². The second-order valence-electron chi connectivity index (χ2n) is 24.5. The van der Waals surface area contributed by atoms with Crippen molar-refractivity contribution in [2.24, 2.45) is 0 Å². The summed E-state index contributed by atoms with van der Waals surface area (Å²) in [5.41, 5.74) is 20.6. The Morgan fingerprint density at radius 3 is 1.55 bits per heavy atom. The lowest BCUT2D eigenvalue weighted by Gasteiger charge is -2.41. The summed E-state index contributed by atoms with van der Waals surface area (Å²) >= 11 is 1.89. The number of ether oxygens (including phenoxy) is 1. The smallest absolute Gasteiger partial charge is 0.257 e. The van der Waals surface area contributed by atoms with Gasteiger partial charge in [0, 0.05) is 50.0 Å². The first-order chi connectivity index (χ1) is 33.5. The number of nitrogens with zero attached hydrogens (tertiary/aromatic N) is 2. The van der Waals surface area contributed by atoms with Crippen molar-refractivity contribution < 1.29 is 4.74 Å². The summed E-state index contributed by atoms with van der Waals surface area (Å²) in [4.78, 5) is 4.99. The van der Waals surface area contributed by atoms with Crippen LogP contribution in [-0.4, -0.2) is 6.71 Å². The van der Waals surface area contributed by atoms with Crippen LogP contribution in [0.1, 0.15) is 116 Å². The SMILES string of the molecule is Cc1cc(C)cc(-c2cc3c4c(c2)N(c2ccc(C(C)(C)C)cc2)c2ccc(C(C)(C)C)cc2B4c2c(cc(N(c4ccc(C(C)(C)C)cc4)c4ccc(C(C)(C)C)cc4)c4sc5ccccc5c24)O3)c1. The zero-order valence-electron chi connectivity index (χ0n) is 44.2. The van der Waals surface area contributed by atoms with Crippen LogP contribution in [-0.2, 0) is 21.7 Å². The Morgan fingerprint density at radius 1 is 0.479 bits per heavy atom. The highest BCUT2D eigenvalue weighted by Gasteiger charge is 2.45. The van der Waals surface area contributed by atoms with Crippen molar-refractivity contribution in [3.63, 3.8) is 0 Å². The van der Waals surface area contributed by atoms with Crippen LogP contribution in [0.4, 0.5) is 34.1 Å². The van der Waals surface area contributed by atoms with Crippen LogP contribution in [0.3, 0.4) is 0 Å². The molecule has 0 aliphatic carbocycles. The molecule has 0 radical (unpaired) electrons. The van der Waals surface area contributed by atoms with E-state index in [0.717, 1.165) is 45.5 Å². The number of hydrogen-bond acceptors (Lipinski definition) is 4. The van der Waals surface area contributed by atoms with Crippen LogP contribution in [0.2, 0.25) is 0 Å². The van der Waals surface area contributed by atoms with Gasteiger partial charge in [0.25, 0.3) is 6.71 Å². The van der Waals surface area contributed by atoms with Gasteiger partial charge in [0.2, 0.25) is 0 Å². The number of fused-ring (bicyclic) bond motifs is 8. The standard InChI is InChI=1S/C66H67BN2OS/c1-40-33-41(2)35-42(34-40)43-36-54-60-56(37-43)70-57-39-55(68(48-26-19-44(20-27-48)63(3,4)5)49-28-21-45(22-29-49)64(6,7)8)62-59(51-17-15-16-18-58(51)71-62)61(57)67(60)52-38-47(66(12,13)14)25-32-53(52)69(54)50-30-23-46(24-31-50)65(9,10)11/h15-39H,1-14H3. The molecule has 71 heavy (non-hydrogen) atoms. The molecule has 0 fully saturated rings. The Labute approximate surface area is 427 Å². The fraction of sp³-hybridized carbons (Fsp3) is 0.273. The van der Waals surface area contributed by atoms with Gasteiger partial charge in [0.15, 0.2) is 0 Å². The molecule has 0 spiro atoms. The molecule has 1 aromatic heterocycles. The highest BCUT2D eigenvalue weighted by atomic mass is 32.1.